The molecule has 0 aliphatic carbocycles. The first-order valence-corrected chi connectivity index (χ1v) is 8.04. The van der Waals surface area contributed by atoms with Crippen molar-refractivity contribution in [2.45, 2.75) is 19.9 Å². The molecule has 3 aromatic rings. The van der Waals surface area contributed by atoms with Crippen molar-refractivity contribution in [3.8, 4) is 5.75 Å². The zero-order valence-corrected chi connectivity index (χ0v) is 14.1. The number of hydrogen-bond acceptors (Lipinski definition) is 4. The van der Waals surface area contributed by atoms with E-state index in [9.17, 15) is 9.59 Å². The number of ether oxygens (including phenoxy) is 1. The van der Waals surface area contributed by atoms with Crippen LogP contribution in [0.4, 0.5) is 0 Å². The van der Waals surface area contributed by atoms with Gasteiger partial charge in [-0.25, -0.2) is 4.79 Å². The summed E-state index contributed by atoms with van der Waals surface area (Å²) < 4.78 is 10.7. The Bertz CT molecular complexity index is 947. The van der Waals surface area contributed by atoms with Crippen LogP contribution in [0.3, 0.4) is 0 Å². The second kappa shape index (κ2) is 7.21. The third-order valence-electron chi connectivity index (χ3n) is 3.97. The van der Waals surface area contributed by atoms with Gasteiger partial charge in [0.1, 0.15) is 11.3 Å². The van der Waals surface area contributed by atoms with E-state index >= 15 is 0 Å². The van der Waals surface area contributed by atoms with Gasteiger partial charge in [0, 0.05) is 17.5 Å². The number of nitrogens with one attached hydrogen (secondary N) is 1. The van der Waals surface area contributed by atoms with E-state index in [1.54, 1.807) is 12.1 Å². The second-order valence-electron chi connectivity index (χ2n) is 5.89. The van der Waals surface area contributed by atoms with Gasteiger partial charge in [0.15, 0.2) is 6.61 Å². The van der Waals surface area contributed by atoms with Crippen LogP contribution in [-0.4, -0.2) is 12.5 Å². The molecule has 25 heavy (non-hydrogen) atoms. The van der Waals surface area contributed by atoms with E-state index in [1.807, 2.05) is 50.2 Å². The molecule has 0 aliphatic heterocycles. The van der Waals surface area contributed by atoms with Crippen molar-refractivity contribution in [3.05, 3.63) is 76.1 Å². The molecule has 3 rings (SSSR count). The van der Waals surface area contributed by atoms with Crippen LogP contribution < -0.4 is 15.7 Å². The molecule has 0 saturated carbocycles. The Morgan fingerprint density at radius 2 is 1.92 bits per heavy atom. The van der Waals surface area contributed by atoms with Crippen LogP contribution in [0.25, 0.3) is 11.0 Å². The Hall–Kier alpha value is -3.08. The standard InChI is InChI=1S/C20H19NO4/c1-13-10-20(23)25-18-11-16(8-9-17(13)18)24-12-19(22)21-14(2)15-6-4-3-5-7-15/h3-11,14H,12H2,1-2H3,(H,21,22)/t14-/m0/s1. The monoisotopic (exact) mass is 337 g/mol. The molecule has 0 aliphatic rings. The molecule has 1 atom stereocenters. The van der Waals surface area contributed by atoms with Gasteiger partial charge in [-0.15, -0.1) is 0 Å². The number of aryl methyl sites for hydroxylation is 1. The summed E-state index contributed by atoms with van der Waals surface area (Å²) in [6.07, 6.45) is 0. The molecule has 1 N–H and O–H groups in total. The molecule has 0 fully saturated rings. The maximum absolute atomic E-state index is 12.1. The normalized spacial score (nSPS) is 11.9. The topological polar surface area (TPSA) is 68.5 Å². The fourth-order valence-corrected chi connectivity index (χ4v) is 2.65. The maximum atomic E-state index is 12.1. The van der Waals surface area contributed by atoms with Gasteiger partial charge < -0.3 is 14.5 Å². The highest BCUT2D eigenvalue weighted by Gasteiger charge is 2.10. The molecule has 1 amide bonds. The number of benzene rings is 2. The van der Waals surface area contributed by atoms with Gasteiger partial charge in [-0.05, 0) is 37.1 Å². The van der Waals surface area contributed by atoms with Crippen molar-refractivity contribution < 1.29 is 13.9 Å². The number of amides is 1. The van der Waals surface area contributed by atoms with Gasteiger partial charge in [-0.1, -0.05) is 30.3 Å². The summed E-state index contributed by atoms with van der Waals surface area (Å²) >= 11 is 0. The average Bonchev–Trinajstić information content (AvgIpc) is 2.60. The van der Waals surface area contributed by atoms with Crippen LogP contribution in [0.5, 0.6) is 5.75 Å². The van der Waals surface area contributed by atoms with E-state index in [-0.39, 0.29) is 18.6 Å². The van der Waals surface area contributed by atoms with Gasteiger partial charge in [-0.2, -0.15) is 0 Å². The molecule has 0 unspecified atom stereocenters. The minimum atomic E-state index is -0.406. The highest BCUT2D eigenvalue weighted by Crippen LogP contribution is 2.22. The molecule has 0 bridgehead atoms. The zero-order chi connectivity index (χ0) is 17.8. The first kappa shape index (κ1) is 16.8. The molecule has 1 aromatic heterocycles. The van der Waals surface area contributed by atoms with Gasteiger partial charge in [0.2, 0.25) is 0 Å². The Balaban J connectivity index is 1.64. The average molecular weight is 337 g/mol. The van der Waals surface area contributed by atoms with E-state index in [4.69, 9.17) is 9.15 Å². The molecule has 2 aromatic carbocycles. The summed E-state index contributed by atoms with van der Waals surface area (Å²) in [5.74, 6) is 0.255. The number of rotatable bonds is 5. The van der Waals surface area contributed by atoms with Gasteiger partial charge in [0.05, 0.1) is 6.04 Å². The highest BCUT2D eigenvalue weighted by molar-refractivity contribution is 5.81. The molecule has 1 heterocycles. The SMILES string of the molecule is Cc1cc(=O)oc2cc(OCC(=O)N[C@@H](C)c3ccccc3)ccc12. The van der Waals surface area contributed by atoms with Crippen LogP contribution in [0.2, 0.25) is 0 Å². The minimum absolute atomic E-state index is 0.102. The predicted octanol–water partition coefficient (Wildman–Crippen LogP) is 3.36. The lowest BCUT2D eigenvalue weighted by Crippen LogP contribution is -2.31. The van der Waals surface area contributed by atoms with Crippen molar-refractivity contribution >= 4 is 16.9 Å². The van der Waals surface area contributed by atoms with Gasteiger partial charge in [0.25, 0.3) is 5.91 Å². The first-order valence-electron chi connectivity index (χ1n) is 8.04. The smallest absolute Gasteiger partial charge is 0.336 e. The lowest BCUT2D eigenvalue weighted by atomic mass is 10.1. The molecule has 5 heteroatoms. The van der Waals surface area contributed by atoms with Gasteiger partial charge in [-0.3, -0.25) is 4.79 Å². The number of fused-ring (bicyclic) bond motifs is 1. The fraction of sp³-hybridized carbons (Fsp3) is 0.200. The molecule has 0 saturated heterocycles. The van der Waals surface area contributed by atoms with Crippen LogP contribution in [0.1, 0.15) is 24.1 Å². The largest absolute Gasteiger partial charge is 0.484 e. The van der Waals surface area contributed by atoms with Crippen LogP contribution in [-0.2, 0) is 4.79 Å². The van der Waals surface area contributed by atoms with Crippen molar-refractivity contribution in [3.63, 3.8) is 0 Å². The number of carbonyl (C=O) groups is 1. The summed E-state index contributed by atoms with van der Waals surface area (Å²) in [5.41, 5.74) is 1.91. The van der Waals surface area contributed by atoms with E-state index in [2.05, 4.69) is 5.32 Å². The van der Waals surface area contributed by atoms with Crippen LogP contribution in [0, 0.1) is 6.92 Å². The Labute approximate surface area is 145 Å². The van der Waals surface area contributed by atoms with Gasteiger partial charge >= 0.3 is 5.63 Å². The Kier molecular flexibility index (Phi) is 4.84. The first-order chi connectivity index (χ1) is 12.0. The molecule has 0 radical (unpaired) electrons. The van der Waals surface area contributed by atoms with E-state index in [1.165, 1.54) is 6.07 Å². The summed E-state index contributed by atoms with van der Waals surface area (Å²) in [6, 6.07) is 16.2. The lowest BCUT2D eigenvalue weighted by Gasteiger charge is -2.14. The maximum Gasteiger partial charge on any atom is 0.336 e. The quantitative estimate of drug-likeness (QED) is 0.725. The summed E-state index contributed by atoms with van der Waals surface area (Å²) in [4.78, 5) is 23.5. The van der Waals surface area contributed by atoms with Crippen molar-refractivity contribution in [2.24, 2.45) is 0 Å². The summed E-state index contributed by atoms with van der Waals surface area (Å²) in [6.45, 7) is 3.65. The summed E-state index contributed by atoms with van der Waals surface area (Å²) in [7, 11) is 0. The zero-order valence-electron chi connectivity index (χ0n) is 14.1. The van der Waals surface area contributed by atoms with E-state index in [0.29, 0.717) is 11.3 Å². The van der Waals surface area contributed by atoms with E-state index < -0.39 is 5.63 Å². The molecular formula is C20H19NO4. The fourth-order valence-electron chi connectivity index (χ4n) is 2.65. The van der Waals surface area contributed by atoms with Crippen LogP contribution >= 0.6 is 0 Å². The highest BCUT2D eigenvalue weighted by atomic mass is 16.5. The lowest BCUT2D eigenvalue weighted by molar-refractivity contribution is -0.123. The number of hydrogen-bond donors (Lipinski definition) is 1. The predicted molar refractivity (Wildman–Crippen MR) is 95.7 cm³/mol. The third kappa shape index (κ3) is 4.07. The molecular weight excluding hydrogens is 318 g/mol. The molecule has 128 valence electrons. The van der Waals surface area contributed by atoms with E-state index in [0.717, 1.165) is 16.5 Å². The molecule has 0 spiro atoms. The summed E-state index contributed by atoms with van der Waals surface area (Å²) in [5, 5.41) is 3.73. The third-order valence-corrected chi connectivity index (χ3v) is 3.97. The minimum Gasteiger partial charge on any atom is -0.484 e. The van der Waals surface area contributed by atoms with Crippen molar-refractivity contribution in [1.29, 1.82) is 0 Å². The second-order valence-corrected chi connectivity index (χ2v) is 5.89. The Morgan fingerprint density at radius 1 is 1.16 bits per heavy atom. The number of carbonyl (C=O) groups excluding carboxylic acids is 1. The van der Waals surface area contributed by atoms with Crippen molar-refractivity contribution in [1.82, 2.24) is 5.32 Å². The van der Waals surface area contributed by atoms with Crippen molar-refractivity contribution in [2.75, 3.05) is 6.61 Å². The Morgan fingerprint density at radius 3 is 2.68 bits per heavy atom. The molecule has 5 nitrogen and oxygen atoms in total. The van der Waals surface area contributed by atoms with Crippen LogP contribution in [0.15, 0.2) is 63.8 Å².